The third kappa shape index (κ3) is 2.91. The van der Waals surface area contributed by atoms with E-state index in [0.717, 1.165) is 42.6 Å². The van der Waals surface area contributed by atoms with E-state index in [-0.39, 0.29) is 23.2 Å². The highest BCUT2D eigenvalue weighted by Crippen LogP contribution is 2.38. The molecule has 1 amide bonds. The summed E-state index contributed by atoms with van der Waals surface area (Å²) in [4.78, 5) is 19.0. The number of hydrogen-bond acceptors (Lipinski definition) is 4. The molecule has 134 valence electrons. The van der Waals surface area contributed by atoms with Crippen LogP contribution >= 0.6 is 11.3 Å². The molecule has 4 nitrogen and oxygen atoms in total. The highest BCUT2D eigenvalue weighted by Gasteiger charge is 2.40. The molecule has 0 spiro atoms. The topological polar surface area (TPSA) is 45.2 Å². The van der Waals surface area contributed by atoms with Gasteiger partial charge in [-0.25, -0.2) is 4.98 Å². The second-order valence-electron chi connectivity index (χ2n) is 6.83. The van der Waals surface area contributed by atoms with Gasteiger partial charge in [0.25, 0.3) is 5.91 Å². The lowest BCUT2D eigenvalue weighted by molar-refractivity contribution is -0.136. The van der Waals surface area contributed by atoms with Crippen molar-refractivity contribution in [3.63, 3.8) is 0 Å². The summed E-state index contributed by atoms with van der Waals surface area (Å²) < 4.78 is 39.7. The van der Waals surface area contributed by atoms with Gasteiger partial charge in [-0.2, -0.15) is 13.2 Å². The summed E-state index contributed by atoms with van der Waals surface area (Å²) in [5.74, 6) is 0.0337. The molecule has 0 radical (unpaired) electrons. The number of aromatic nitrogens is 1. The summed E-state index contributed by atoms with van der Waals surface area (Å²) in [7, 11) is 0. The molecule has 2 atom stereocenters. The summed E-state index contributed by atoms with van der Waals surface area (Å²) >= 11 is 0.986. The van der Waals surface area contributed by atoms with Crippen molar-refractivity contribution < 1.29 is 18.0 Å². The molecule has 3 aliphatic rings. The van der Waals surface area contributed by atoms with Crippen LogP contribution in [0.2, 0.25) is 0 Å². The minimum Gasteiger partial charge on any atom is -0.346 e. The molecule has 3 fully saturated rings. The van der Waals surface area contributed by atoms with Gasteiger partial charge in [0.1, 0.15) is 5.69 Å². The molecule has 0 aliphatic carbocycles. The van der Waals surface area contributed by atoms with Crippen molar-refractivity contribution in [2.45, 2.75) is 38.0 Å². The number of nitrogens with zero attached hydrogens (tertiary/aromatic N) is 2. The number of fused-ring (bicyclic) bond motifs is 4. The Kier molecular flexibility index (Phi) is 3.99. The second kappa shape index (κ2) is 5.95. The van der Waals surface area contributed by atoms with E-state index < -0.39 is 17.6 Å². The average molecular weight is 369 g/mol. The molecule has 8 heteroatoms. The molecule has 25 heavy (non-hydrogen) atoms. The number of piperidine rings is 3. The monoisotopic (exact) mass is 369 g/mol. The molecule has 0 aromatic carbocycles. The number of thiophene rings is 1. The van der Waals surface area contributed by atoms with Crippen molar-refractivity contribution in [1.29, 1.82) is 0 Å². The summed E-state index contributed by atoms with van der Waals surface area (Å²) in [6.07, 6.45) is -0.989. The molecular formula is C17H18F3N3OS. The molecule has 2 bridgehead atoms. The first-order valence-electron chi connectivity index (χ1n) is 8.34. The van der Waals surface area contributed by atoms with Crippen molar-refractivity contribution >= 4 is 27.3 Å². The highest BCUT2D eigenvalue weighted by molar-refractivity contribution is 7.17. The molecule has 2 aromatic heterocycles. The van der Waals surface area contributed by atoms with Crippen molar-refractivity contribution in [2.24, 2.45) is 5.92 Å². The van der Waals surface area contributed by atoms with E-state index in [9.17, 15) is 18.0 Å². The van der Waals surface area contributed by atoms with Crippen LogP contribution in [0.15, 0.2) is 17.6 Å². The molecular weight excluding hydrogens is 351 g/mol. The normalized spacial score (nSPS) is 29.1. The first kappa shape index (κ1) is 16.8. The molecule has 0 saturated carbocycles. The van der Waals surface area contributed by atoms with Crippen LogP contribution in [0.1, 0.15) is 35.8 Å². The zero-order valence-electron chi connectivity index (χ0n) is 13.6. The van der Waals surface area contributed by atoms with E-state index in [2.05, 4.69) is 22.1 Å². The van der Waals surface area contributed by atoms with Gasteiger partial charge in [-0.05, 0) is 44.8 Å². The van der Waals surface area contributed by atoms with Gasteiger partial charge in [0.15, 0.2) is 0 Å². The minimum absolute atomic E-state index is 0.0251. The average Bonchev–Trinajstić information content (AvgIpc) is 3.01. The fraction of sp³-hybridized carbons (Fsp3) is 0.529. The maximum atomic E-state index is 13.1. The lowest BCUT2D eigenvalue weighted by atomic mass is 9.79. The lowest BCUT2D eigenvalue weighted by Crippen LogP contribution is -2.62. The predicted molar refractivity (Wildman–Crippen MR) is 89.6 cm³/mol. The molecule has 5 heterocycles. The molecule has 1 N–H and O–H groups in total. The van der Waals surface area contributed by atoms with Crippen LogP contribution in [0.3, 0.4) is 0 Å². The van der Waals surface area contributed by atoms with Gasteiger partial charge in [-0.1, -0.05) is 0 Å². The van der Waals surface area contributed by atoms with Crippen LogP contribution in [0, 0.1) is 5.92 Å². The van der Waals surface area contributed by atoms with E-state index in [1.54, 1.807) is 0 Å². The van der Waals surface area contributed by atoms with Crippen LogP contribution in [0.5, 0.6) is 0 Å². The van der Waals surface area contributed by atoms with E-state index >= 15 is 0 Å². The van der Waals surface area contributed by atoms with Crippen molar-refractivity contribution in [1.82, 2.24) is 15.2 Å². The Hall–Kier alpha value is -1.67. The molecule has 0 unspecified atom stereocenters. The third-order valence-electron chi connectivity index (χ3n) is 5.47. The summed E-state index contributed by atoms with van der Waals surface area (Å²) in [5.41, 5.74) is -0.666. The fourth-order valence-electron chi connectivity index (χ4n) is 4.05. The van der Waals surface area contributed by atoms with Crippen molar-refractivity contribution in [3.8, 4) is 0 Å². The number of alkyl halides is 3. The number of carbonyl (C=O) groups is 1. The van der Waals surface area contributed by atoms with E-state index in [1.165, 1.54) is 12.3 Å². The number of hydrogen-bond donors (Lipinski definition) is 1. The Morgan fingerprint density at radius 2 is 2.08 bits per heavy atom. The fourth-order valence-corrected chi connectivity index (χ4v) is 4.96. The first-order chi connectivity index (χ1) is 11.8. The van der Waals surface area contributed by atoms with Crippen LogP contribution in [0.4, 0.5) is 13.2 Å². The summed E-state index contributed by atoms with van der Waals surface area (Å²) in [5, 5.41) is 4.12. The molecule has 3 saturated heterocycles. The quantitative estimate of drug-likeness (QED) is 0.881. The largest absolute Gasteiger partial charge is 0.417 e. The number of pyridine rings is 1. The maximum Gasteiger partial charge on any atom is 0.417 e. The van der Waals surface area contributed by atoms with Crippen molar-refractivity contribution in [2.75, 3.05) is 13.1 Å². The Morgan fingerprint density at radius 1 is 1.36 bits per heavy atom. The predicted octanol–water partition coefficient (Wildman–Crippen LogP) is 3.53. The van der Waals surface area contributed by atoms with E-state index in [0.29, 0.717) is 10.6 Å². The van der Waals surface area contributed by atoms with Gasteiger partial charge in [0.2, 0.25) is 0 Å². The van der Waals surface area contributed by atoms with E-state index in [4.69, 9.17) is 0 Å². The molecule has 3 aliphatic heterocycles. The number of amides is 1. The Morgan fingerprint density at radius 3 is 2.72 bits per heavy atom. The number of rotatable bonds is 2. The minimum atomic E-state index is -4.43. The molecule has 5 rings (SSSR count). The SMILES string of the molecule is C[C@H]1[C@H](NC(=O)c2cc3c(C(F)(F)F)csc3cn2)C2CCN1CC2. The third-order valence-corrected chi connectivity index (χ3v) is 6.41. The standard InChI is InChI=1S/C17H18F3N3OS/c1-9-15(10-2-4-23(9)5-3-10)22-16(24)13-6-11-12(17(18,19)20)8-25-14(11)7-21-13/h6-10,15H,2-5H2,1H3,(H,22,24)/t9-,15-/m0/s1. The van der Waals surface area contributed by atoms with Crippen LogP contribution in [-0.2, 0) is 6.18 Å². The van der Waals surface area contributed by atoms with Crippen LogP contribution < -0.4 is 5.32 Å². The number of nitrogens with one attached hydrogen (secondary N) is 1. The van der Waals surface area contributed by atoms with Gasteiger partial charge < -0.3 is 5.32 Å². The Bertz CT molecular complexity index is 809. The summed E-state index contributed by atoms with van der Waals surface area (Å²) in [6.45, 7) is 4.19. The maximum absolute atomic E-state index is 13.1. The van der Waals surface area contributed by atoms with Crippen molar-refractivity contribution in [3.05, 3.63) is 28.9 Å². The van der Waals surface area contributed by atoms with Gasteiger partial charge in [0, 0.05) is 29.0 Å². The molecule has 2 aromatic rings. The lowest BCUT2D eigenvalue weighted by Gasteiger charge is -2.49. The van der Waals surface area contributed by atoms with Gasteiger partial charge in [0.05, 0.1) is 10.3 Å². The number of carbonyl (C=O) groups excluding carboxylic acids is 1. The van der Waals surface area contributed by atoms with Crippen LogP contribution in [0.25, 0.3) is 10.1 Å². The highest BCUT2D eigenvalue weighted by atomic mass is 32.1. The zero-order valence-corrected chi connectivity index (χ0v) is 14.5. The van der Waals surface area contributed by atoms with Gasteiger partial charge in [-0.15, -0.1) is 11.3 Å². The first-order valence-corrected chi connectivity index (χ1v) is 9.22. The second-order valence-corrected chi connectivity index (χ2v) is 7.74. The summed E-state index contributed by atoms with van der Waals surface area (Å²) in [6, 6.07) is 1.53. The Labute approximate surface area is 147 Å². The van der Waals surface area contributed by atoms with Gasteiger partial charge >= 0.3 is 6.18 Å². The van der Waals surface area contributed by atoms with Crippen LogP contribution in [-0.4, -0.2) is 41.0 Å². The number of halogens is 3. The zero-order chi connectivity index (χ0) is 17.8. The smallest absolute Gasteiger partial charge is 0.346 e. The van der Waals surface area contributed by atoms with E-state index in [1.807, 2.05) is 0 Å². The van der Waals surface area contributed by atoms with Gasteiger partial charge in [-0.3, -0.25) is 9.69 Å². The Balaban J connectivity index is 1.60.